The lowest BCUT2D eigenvalue weighted by Gasteiger charge is -2.27. The minimum Gasteiger partial charge on any atom is -0.462 e. The number of carbonyl (C=O) groups excluding carboxylic acids is 1. The van der Waals surface area contributed by atoms with Gasteiger partial charge >= 0.3 is 5.97 Å². The van der Waals surface area contributed by atoms with E-state index < -0.39 is 0 Å². The average molecular weight is 390 g/mol. The number of halogens is 2. The SMILES string of the molecule is CCOC(=O)[C@H]1Cc2c([nH]c3ccccc23)[C@@H](c2ccc(Cl)cc2Cl)[NH2+]1. The normalized spacial score (nSPS) is 19.3. The lowest BCUT2D eigenvalue weighted by Crippen LogP contribution is -2.94. The second kappa shape index (κ2) is 6.95. The molecule has 3 aromatic rings. The first-order valence-corrected chi connectivity index (χ1v) is 9.40. The second-order valence-electron chi connectivity index (χ2n) is 6.46. The number of hydrogen-bond donors (Lipinski definition) is 2. The summed E-state index contributed by atoms with van der Waals surface area (Å²) in [4.78, 5) is 16.0. The van der Waals surface area contributed by atoms with Crippen LogP contribution in [0.15, 0.2) is 42.5 Å². The maximum absolute atomic E-state index is 12.5. The van der Waals surface area contributed by atoms with Gasteiger partial charge in [-0.25, -0.2) is 4.79 Å². The Balaban J connectivity index is 1.86. The summed E-state index contributed by atoms with van der Waals surface area (Å²) in [6.07, 6.45) is 0.625. The fourth-order valence-corrected chi connectivity index (χ4v) is 4.27. The van der Waals surface area contributed by atoms with Crippen molar-refractivity contribution >= 4 is 40.1 Å². The van der Waals surface area contributed by atoms with Gasteiger partial charge in [-0.15, -0.1) is 0 Å². The van der Waals surface area contributed by atoms with Gasteiger partial charge in [-0.05, 0) is 36.8 Å². The van der Waals surface area contributed by atoms with Gasteiger partial charge in [-0.1, -0.05) is 41.4 Å². The summed E-state index contributed by atoms with van der Waals surface area (Å²) in [7, 11) is 0. The Morgan fingerprint density at radius 3 is 2.85 bits per heavy atom. The number of fused-ring (bicyclic) bond motifs is 3. The van der Waals surface area contributed by atoms with Gasteiger partial charge in [0.2, 0.25) is 0 Å². The summed E-state index contributed by atoms with van der Waals surface area (Å²) in [6.45, 7) is 2.20. The van der Waals surface area contributed by atoms with Crippen LogP contribution >= 0.6 is 23.2 Å². The molecule has 0 unspecified atom stereocenters. The lowest BCUT2D eigenvalue weighted by molar-refractivity contribution is -0.712. The van der Waals surface area contributed by atoms with Crippen molar-refractivity contribution in [3.63, 3.8) is 0 Å². The number of ether oxygens (including phenoxy) is 1. The standard InChI is InChI=1S/C20H18Cl2N2O2/c1-2-26-20(25)17-10-14-12-5-3-4-6-16(12)23-19(14)18(24-17)13-8-7-11(21)9-15(13)22/h3-9,17-18,23-24H,2,10H2,1H3/p+1/t17-,18-/m1/s1. The summed E-state index contributed by atoms with van der Waals surface area (Å²) in [6, 6.07) is 13.2. The molecule has 26 heavy (non-hydrogen) atoms. The number of H-pyrrole nitrogens is 1. The highest BCUT2D eigenvalue weighted by atomic mass is 35.5. The molecule has 0 bridgehead atoms. The van der Waals surface area contributed by atoms with Gasteiger partial charge in [0.15, 0.2) is 12.1 Å². The van der Waals surface area contributed by atoms with Crippen LogP contribution in [0.5, 0.6) is 0 Å². The van der Waals surface area contributed by atoms with Crippen LogP contribution in [0, 0.1) is 0 Å². The molecule has 0 spiro atoms. The molecule has 2 atom stereocenters. The number of quaternary nitrogens is 1. The first-order chi connectivity index (χ1) is 12.6. The lowest BCUT2D eigenvalue weighted by atomic mass is 9.90. The zero-order valence-electron chi connectivity index (χ0n) is 14.3. The van der Waals surface area contributed by atoms with Crippen molar-refractivity contribution in [2.45, 2.75) is 25.4 Å². The molecule has 2 aromatic carbocycles. The summed E-state index contributed by atoms with van der Waals surface area (Å²) in [5, 5.41) is 4.35. The molecule has 0 saturated heterocycles. The smallest absolute Gasteiger partial charge is 0.365 e. The summed E-state index contributed by atoms with van der Waals surface area (Å²) in [5.74, 6) is -0.196. The fraction of sp³-hybridized carbons (Fsp3) is 0.250. The van der Waals surface area contributed by atoms with Gasteiger partial charge in [0.25, 0.3) is 0 Å². The molecular formula is C20H19Cl2N2O2+. The molecule has 2 heterocycles. The molecule has 1 aliphatic heterocycles. The molecule has 4 rings (SSSR count). The van der Waals surface area contributed by atoms with Crippen LogP contribution in [-0.4, -0.2) is 23.6 Å². The first-order valence-electron chi connectivity index (χ1n) is 8.64. The zero-order chi connectivity index (χ0) is 18.3. The summed E-state index contributed by atoms with van der Waals surface area (Å²) >= 11 is 12.5. The van der Waals surface area contributed by atoms with E-state index in [0.29, 0.717) is 23.1 Å². The maximum atomic E-state index is 12.5. The van der Waals surface area contributed by atoms with Crippen LogP contribution < -0.4 is 5.32 Å². The number of esters is 1. The Morgan fingerprint density at radius 1 is 1.27 bits per heavy atom. The highest BCUT2D eigenvalue weighted by Gasteiger charge is 2.39. The fourth-order valence-electron chi connectivity index (χ4n) is 3.75. The summed E-state index contributed by atoms with van der Waals surface area (Å²) < 4.78 is 5.28. The number of rotatable bonds is 3. The molecule has 0 radical (unpaired) electrons. The van der Waals surface area contributed by atoms with Crippen LogP contribution in [0.25, 0.3) is 10.9 Å². The van der Waals surface area contributed by atoms with E-state index in [1.54, 1.807) is 6.07 Å². The molecule has 0 amide bonds. The third-order valence-electron chi connectivity index (χ3n) is 4.89. The molecule has 0 fully saturated rings. The number of carbonyl (C=O) groups is 1. The predicted octanol–water partition coefficient (Wildman–Crippen LogP) is 3.62. The summed E-state index contributed by atoms with van der Waals surface area (Å²) in [5.41, 5.74) is 4.22. The van der Waals surface area contributed by atoms with Crippen LogP contribution in [0.4, 0.5) is 0 Å². The zero-order valence-corrected chi connectivity index (χ0v) is 15.8. The van der Waals surface area contributed by atoms with E-state index in [-0.39, 0.29) is 18.1 Å². The molecule has 134 valence electrons. The number of nitrogens with two attached hydrogens (primary N) is 1. The van der Waals surface area contributed by atoms with E-state index in [2.05, 4.69) is 11.1 Å². The van der Waals surface area contributed by atoms with E-state index in [4.69, 9.17) is 27.9 Å². The number of benzene rings is 2. The van der Waals surface area contributed by atoms with Crippen molar-refractivity contribution in [3.05, 3.63) is 69.3 Å². The van der Waals surface area contributed by atoms with Gasteiger partial charge in [0.05, 0.1) is 17.3 Å². The van der Waals surface area contributed by atoms with Crippen molar-refractivity contribution in [1.29, 1.82) is 0 Å². The number of hydrogen-bond acceptors (Lipinski definition) is 2. The van der Waals surface area contributed by atoms with Gasteiger partial charge in [0.1, 0.15) is 0 Å². The van der Waals surface area contributed by atoms with Crippen molar-refractivity contribution < 1.29 is 14.8 Å². The molecule has 0 saturated carbocycles. The Hall–Kier alpha value is -2.01. The second-order valence-corrected chi connectivity index (χ2v) is 7.31. The molecule has 1 aromatic heterocycles. The Labute approximate surface area is 161 Å². The average Bonchev–Trinajstić information content (AvgIpc) is 3.00. The van der Waals surface area contributed by atoms with Gasteiger partial charge in [0, 0.05) is 27.9 Å². The Kier molecular flexibility index (Phi) is 4.65. The molecule has 1 aliphatic rings. The molecule has 0 aliphatic carbocycles. The number of aromatic amines is 1. The van der Waals surface area contributed by atoms with Crippen molar-refractivity contribution in [2.24, 2.45) is 0 Å². The Morgan fingerprint density at radius 2 is 2.08 bits per heavy atom. The van der Waals surface area contributed by atoms with E-state index >= 15 is 0 Å². The topological polar surface area (TPSA) is 58.7 Å². The highest BCUT2D eigenvalue weighted by molar-refractivity contribution is 6.35. The van der Waals surface area contributed by atoms with Crippen LogP contribution in [-0.2, 0) is 16.0 Å². The van der Waals surface area contributed by atoms with Crippen LogP contribution in [0.1, 0.15) is 29.8 Å². The molecule has 4 nitrogen and oxygen atoms in total. The van der Waals surface area contributed by atoms with Gasteiger partial charge in [-0.2, -0.15) is 0 Å². The van der Waals surface area contributed by atoms with Crippen molar-refractivity contribution in [1.82, 2.24) is 4.98 Å². The molecular weight excluding hydrogens is 371 g/mol. The van der Waals surface area contributed by atoms with E-state index in [1.165, 1.54) is 0 Å². The van der Waals surface area contributed by atoms with Gasteiger partial charge in [-0.3, -0.25) is 0 Å². The number of nitrogens with one attached hydrogen (secondary N) is 1. The molecule has 3 N–H and O–H groups in total. The minimum atomic E-state index is -0.307. The predicted molar refractivity (Wildman–Crippen MR) is 103 cm³/mol. The quantitative estimate of drug-likeness (QED) is 0.672. The monoisotopic (exact) mass is 389 g/mol. The highest BCUT2D eigenvalue weighted by Crippen LogP contribution is 2.35. The largest absolute Gasteiger partial charge is 0.462 e. The molecule has 6 heteroatoms. The van der Waals surface area contributed by atoms with Crippen molar-refractivity contribution in [3.8, 4) is 0 Å². The van der Waals surface area contributed by atoms with E-state index in [9.17, 15) is 4.79 Å². The van der Waals surface area contributed by atoms with Crippen LogP contribution in [0.3, 0.4) is 0 Å². The number of para-hydroxylation sites is 1. The Bertz CT molecular complexity index is 983. The van der Waals surface area contributed by atoms with Gasteiger partial charge < -0.3 is 15.0 Å². The number of aromatic nitrogens is 1. The first kappa shape index (κ1) is 17.4. The van der Waals surface area contributed by atoms with E-state index in [0.717, 1.165) is 27.7 Å². The minimum absolute atomic E-state index is 0.120. The third kappa shape index (κ3) is 2.98. The maximum Gasteiger partial charge on any atom is 0.365 e. The third-order valence-corrected chi connectivity index (χ3v) is 5.46. The van der Waals surface area contributed by atoms with Crippen LogP contribution in [0.2, 0.25) is 10.0 Å². The van der Waals surface area contributed by atoms with Crippen molar-refractivity contribution in [2.75, 3.05) is 6.61 Å². The van der Waals surface area contributed by atoms with E-state index in [1.807, 2.05) is 42.6 Å².